The zero-order valence-corrected chi connectivity index (χ0v) is 13.6. The van der Waals surface area contributed by atoms with Gasteiger partial charge in [-0.2, -0.15) is 5.10 Å². The lowest BCUT2D eigenvalue weighted by Gasteiger charge is -2.14. The van der Waals surface area contributed by atoms with E-state index in [9.17, 15) is 8.78 Å². The Hall–Kier alpha value is -2.53. The van der Waals surface area contributed by atoms with E-state index in [0.717, 1.165) is 11.3 Å². The summed E-state index contributed by atoms with van der Waals surface area (Å²) in [6.07, 6.45) is 1.76. The van der Waals surface area contributed by atoms with Gasteiger partial charge in [0.25, 0.3) is 0 Å². The van der Waals surface area contributed by atoms with E-state index in [1.54, 1.807) is 29.1 Å². The molecular formula is C19H19F2N3. The second kappa shape index (κ2) is 6.93. The zero-order valence-electron chi connectivity index (χ0n) is 13.6. The molecule has 3 nitrogen and oxygen atoms in total. The number of halogens is 2. The summed E-state index contributed by atoms with van der Waals surface area (Å²) >= 11 is 0. The van der Waals surface area contributed by atoms with E-state index >= 15 is 0 Å². The van der Waals surface area contributed by atoms with E-state index in [2.05, 4.69) is 10.4 Å². The van der Waals surface area contributed by atoms with Crippen molar-refractivity contribution in [1.82, 2.24) is 15.1 Å². The number of benzene rings is 2. The predicted octanol–water partition coefficient (Wildman–Crippen LogP) is 4.31. The van der Waals surface area contributed by atoms with Crippen LogP contribution in [-0.4, -0.2) is 9.78 Å². The van der Waals surface area contributed by atoms with Crippen LogP contribution in [0.2, 0.25) is 0 Å². The van der Waals surface area contributed by atoms with Crippen molar-refractivity contribution in [3.05, 3.63) is 83.2 Å². The highest BCUT2D eigenvalue weighted by atomic mass is 19.1. The lowest BCUT2D eigenvalue weighted by Crippen LogP contribution is -2.19. The van der Waals surface area contributed by atoms with E-state index < -0.39 is 0 Å². The molecule has 1 heterocycles. The third-order valence-electron chi connectivity index (χ3n) is 4.12. The Morgan fingerprint density at radius 3 is 2.67 bits per heavy atom. The molecular weight excluding hydrogens is 308 g/mol. The second-order valence-electron chi connectivity index (χ2n) is 5.77. The molecule has 0 bridgehead atoms. The van der Waals surface area contributed by atoms with Crippen LogP contribution in [0.5, 0.6) is 0 Å². The van der Waals surface area contributed by atoms with Crippen molar-refractivity contribution in [1.29, 1.82) is 0 Å². The number of rotatable bonds is 5. The van der Waals surface area contributed by atoms with Crippen molar-refractivity contribution >= 4 is 0 Å². The Labute approximate surface area is 139 Å². The van der Waals surface area contributed by atoms with Crippen molar-refractivity contribution in [2.45, 2.75) is 26.4 Å². The maximum Gasteiger partial charge on any atom is 0.127 e. The summed E-state index contributed by atoms with van der Waals surface area (Å²) in [5.74, 6) is -0.515. The molecule has 0 saturated heterocycles. The van der Waals surface area contributed by atoms with Crippen LogP contribution in [0.4, 0.5) is 8.78 Å². The predicted molar refractivity (Wildman–Crippen MR) is 89.9 cm³/mol. The fraction of sp³-hybridized carbons (Fsp3) is 0.211. The largest absolute Gasteiger partial charge is 0.306 e. The summed E-state index contributed by atoms with van der Waals surface area (Å²) in [6.45, 7) is 4.37. The van der Waals surface area contributed by atoms with E-state index in [1.807, 2.05) is 26.0 Å². The van der Waals surface area contributed by atoms with Gasteiger partial charge in [-0.1, -0.05) is 24.3 Å². The van der Waals surface area contributed by atoms with Gasteiger partial charge < -0.3 is 5.32 Å². The lowest BCUT2D eigenvalue weighted by molar-refractivity contribution is 0.542. The van der Waals surface area contributed by atoms with Crippen LogP contribution in [-0.2, 0) is 6.54 Å². The molecule has 0 unspecified atom stereocenters. The molecule has 0 fully saturated rings. The molecule has 1 aromatic heterocycles. The van der Waals surface area contributed by atoms with E-state index in [-0.39, 0.29) is 17.7 Å². The minimum Gasteiger partial charge on any atom is -0.306 e. The van der Waals surface area contributed by atoms with Crippen LogP contribution < -0.4 is 5.32 Å². The first-order chi connectivity index (χ1) is 11.6. The van der Waals surface area contributed by atoms with Crippen LogP contribution in [0.25, 0.3) is 5.69 Å². The number of hydrogen-bond acceptors (Lipinski definition) is 2. The SMILES string of the molecule is Cc1c([C@@H](C)NCc2ccccc2F)cnn1-c1cccc(F)c1. The van der Waals surface area contributed by atoms with Crippen molar-refractivity contribution in [3.8, 4) is 5.69 Å². The Morgan fingerprint density at radius 2 is 1.92 bits per heavy atom. The molecule has 0 aliphatic heterocycles. The highest BCUT2D eigenvalue weighted by Crippen LogP contribution is 2.21. The molecule has 0 saturated carbocycles. The first kappa shape index (κ1) is 16.3. The maximum absolute atomic E-state index is 13.7. The highest BCUT2D eigenvalue weighted by molar-refractivity contribution is 5.36. The molecule has 0 aliphatic rings. The maximum atomic E-state index is 13.7. The number of hydrogen-bond donors (Lipinski definition) is 1. The fourth-order valence-corrected chi connectivity index (χ4v) is 2.73. The summed E-state index contributed by atoms with van der Waals surface area (Å²) in [7, 11) is 0. The number of nitrogens with one attached hydrogen (secondary N) is 1. The summed E-state index contributed by atoms with van der Waals surface area (Å²) in [5, 5.41) is 7.66. The third kappa shape index (κ3) is 3.36. The topological polar surface area (TPSA) is 29.9 Å². The Kier molecular flexibility index (Phi) is 4.71. The molecule has 24 heavy (non-hydrogen) atoms. The van der Waals surface area contributed by atoms with Gasteiger partial charge in [0.1, 0.15) is 11.6 Å². The van der Waals surface area contributed by atoms with Crippen molar-refractivity contribution in [2.75, 3.05) is 0 Å². The van der Waals surface area contributed by atoms with Gasteiger partial charge >= 0.3 is 0 Å². The number of aromatic nitrogens is 2. The van der Waals surface area contributed by atoms with E-state index in [1.165, 1.54) is 18.2 Å². The standard InChI is InChI=1S/C19H19F2N3/c1-13(22-11-15-6-3-4-9-19(15)21)18-12-23-24(14(18)2)17-8-5-7-16(20)10-17/h3-10,12-13,22H,11H2,1-2H3/t13-/m1/s1. The van der Waals surface area contributed by atoms with Crippen molar-refractivity contribution in [3.63, 3.8) is 0 Å². The molecule has 0 spiro atoms. The molecule has 2 aromatic carbocycles. The van der Waals surface area contributed by atoms with E-state index in [4.69, 9.17) is 0 Å². The van der Waals surface area contributed by atoms with Gasteiger partial charge in [0.05, 0.1) is 11.9 Å². The summed E-state index contributed by atoms with van der Waals surface area (Å²) in [5.41, 5.74) is 3.23. The van der Waals surface area contributed by atoms with Gasteiger partial charge in [0.15, 0.2) is 0 Å². The van der Waals surface area contributed by atoms with Gasteiger partial charge in [-0.15, -0.1) is 0 Å². The van der Waals surface area contributed by atoms with Crippen LogP contribution in [0.3, 0.4) is 0 Å². The van der Waals surface area contributed by atoms with Gasteiger partial charge in [0.2, 0.25) is 0 Å². The van der Waals surface area contributed by atoms with Crippen LogP contribution in [0.15, 0.2) is 54.7 Å². The first-order valence-electron chi connectivity index (χ1n) is 7.83. The van der Waals surface area contributed by atoms with Gasteiger partial charge in [-0.05, 0) is 38.1 Å². The monoisotopic (exact) mass is 327 g/mol. The quantitative estimate of drug-likeness (QED) is 0.757. The van der Waals surface area contributed by atoms with Crippen LogP contribution in [0.1, 0.15) is 29.8 Å². The molecule has 124 valence electrons. The normalized spacial score (nSPS) is 12.3. The Balaban J connectivity index is 1.77. The summed E-state index contributed by atoms with van der Waals surface area (Å²) < 4.78 is 28.8. The summed E-state index contributed by atoms with van der Waals surface area (Å²) in [6, 6.07) is 13.0. The second-order valence-corrected chi connectivity index (χ2v) is 5.77. The molecule has 5 heteroatoms. The van der Waals surface area contributed by atoms with Crippen molar-refractivity contribution in [2.24, 2.45) is 0 Å². The molecule has 3 aromatic rings. The minimum absolute atomic E-state index is 0.00749. The molecule has 1 atom stereocenters. The van der Waals surface area contributed by atoms with E-state index in [0.29, 0.717) is 17.8 Å². The Bertz CT molecular complexity index is 842. The van der Waals surface area contributed by atoms with Crippen LogP contribution >= 0.6 is 0 Å². The number of nitrogens with zero attached hydrogens (tertiary/aromatic N) is 2. The lowest BCUT2D eigenvalue weighted by atomic mass is 10.1. The zero-order chi connectivity index (χ0) is 17.1. The molecule has 0 radical (unpaired) electrons. The smallest absolute Gasteiger partial charge is 0.127 e. The summed E-state index contributed by atoms with van der Waals surface area (Å²) in [4.78, 5) is 0. The molecule has 0 amide bonds. The third-order valence-corrected chi connectivity index (χ3v) is 4.12. The molecule has 3 rings (SSSR count). The average Bonchev–Trinajstić information content (AvgIpc) is 2.95. The average molecular weight is 327 g/mol. The van der Waals surface area contributed by atoms with Crippen molar-refractivity contribution < 1.29 is 8.78 Å². The van der Waals surface area contributed by atoms with Gasteiger partial charge in [0, 0.05) is 29.4 Å². The fourth-order valence-electron chi connectivity index (χ4n) is 2.73. The molecule has 0 aliphatic carbocycles. The highest BCUT2D eigenvalue weighted by Gasteiger charge is 2.14. The van der Waals surface area contributed by atoms with Crippen LogP contribution in [0, 0.1) is 18.6 Å². The molecule has 1 N–H and O–H groups in total. The first-order valence-corrected chi connectivity index (χ1v) is 7.83. The van der Waals surface area contributed by atoms with Gasteiger partial charge in [-0.3, -0.25) is 0 Å². The Morgan fingerprint density at radius 1 is 1.12 bits per heavy atom. The minimum atomic E-state index is -0.297. The van der Waals surface area contributed by atoms with Gasteiger partial charge in [-0.25, -0.2) is 13.5 Å².